The standard InChI is InChI=1S/C12H16F2N2O2/c1-16(7-3-6-15)11(17)9-4-2-5-10(8-9)18-12(13)14/h2,4-5,8,12H,3,6-7,15H2,1H3. The summed E-state index contributed by atoms with van der Waals surface area (Å²) >= 11 is 0. The van der Waals surface area contributed by atoms with Crippen LogP contribution in [0.1, 0.15) is 16.8 Å². The third-order valence-electron chi connectivity index (χ3n) is 2.35. The molecule has 0 fully saturated rings. The van der Waals surface area contributed by atoms with E-state index in [-0.39, 0.29) is 11.7 Å². The van der Waals surface area contributed by atoms with E-state index < -0.39 is 6.61 Å². The third-order valence-corrected chi connectivity index (χ3v) is 2.35. The maximum Gasteiger partial charge on any atom is 0.387 e. The lowest BCUT2D eigenvalue weighted by Gasteiger charge is -2.17. The number of carbonyl (C=O) groups is 1. The van der Waals surface area contributed by atoms with Crippen molar-refractivity contribution in [2.75, 3.05) is 20.1 Å². The van der Waals surface area contributed by atoms with Crippen molar-refractivity contribution in [3.8, 4) is 5.75 Å². The number of hydrogen-bond donors (Lipinski definition) is 1. The van der Waals surface area contributed by atoms with Crippen LogP contribution in [0.25, 0.3) is 0 Å². The molecule has 0 atom stereocenters. The van der Waals surface area contributed by atoms with Crippen LogP contribution in [0.5, 0.6) is 5.75 Å². The van der Waals surface area contributed by atoms with Crippen LogP contribution < -0.4 is 10.5 Å². The molecule has 1 aromatic rings. The van der Waals surface area contributed by atoms with Gasteiger partial charge in [0.2, 0.25) is 0 Å². The Kier molecular flexibility index (Phi) is 5.51. The number of ether oxygens (including phenoxy) is 1. The van der Waals surface area contributed by atoms with Crippen molar-refractivity contribution in [3.63, 3.8) is 0 Å². The van der Waals surface area contributed by atoms with Gasteiger partial charge in [-0.05, 0) is 31.2 Å². The Balaban J connectivity index is 2.73. The molecule has 1 aromatic carbocycles. The van der Waals surface area contributed by atoms with Gasteiger partial charge in [0.15, 0.2) is 0 Å². The first-order valence-corrected chi connectivity index (χ1v) is 5.55. The first kappa shape index (κ1) is 14.4. The molecule has 0 aliphatic carbocycles. The second-order valence-electron chi connectivity index (χ2n) is 3.78. The Morgan fingerprint density at radius 3 is 2.83 bits per heavy atom. The summed E-state index contributed by atoms with van der Waals surface area (Å²) in [6.45, 7) is -1.88. The molecule has 0 bridgehead atoms. The summed E-state index contributed by atoms with van der Waals surface area (Å²) in [6, 6.07) is 5.73. The number of carbonyl (C=O) groups excluding carboxylic acids is 1. The number of hydrogen-bond acceptors (Lipinski definition) is 3. The zero-order valence-corrected chi connectivity index (χ0v) is 10.1. The molecule has 2 N–H and O–H groups in total. The molecule has 0 spiro atoms. The van der Waals surface area contributed by atoms with Gasteiger partial charge in [0.1, 0.15) is 5.75 Å². The van der Waals surface area contributed by atoms with E-state index in [1.807, 2.05) is 0 Å². The summed E-state index contributed by atoms with van der Waals surface area (Å²) in [5.74, 6) is -0.272. The molecule has 0 heterocycles. The smallest absolute Gasteiger partial charge is 0.387 e. The van der Waals surface area contributed by atoms with Gasteiger partial charge in [-0.25, -0.2) is 0 Å². The van der Waals surface area contributed by atoms with Crippen LogP contribution >= 0.6 is 0 Å². The average Bonchev–Trinajstić information content (AvgIpc) is 2.34. The number of nitrogens with zero attached hydrogens (tertiary/aromatic N) is 1. The summed E-state index contributed by atoms with van der Waals surface area (Å²) in [5, 5.41) is 0. The fourth-order valence-corrected chi connectivity index (χ4v) is 1.46. The van der Waals surface area contributed by atoms with E-state index >= 15 is 0 Å². The monoisotopic (exact) mass is 258 g/mol. The van der Waals surface area contributed by atoms with Crippen molar-refractivity contribution < 1.29 is 18.3 Å². The van der Waals surface area contributed by atoms with Crippen molar-refractivity contribution in [2.24, 2.45) is 5.73 Å². The highest BCUT2D eigenvalue weighted by Crippen LogP contribution is 2.17. The van der Waals surface area contributed by atoms with Gasteiger partial charge < -0.3 is 15.4 Å². The Morgan fingerprint density at radius 2 is 2.22 bits per heavy atom. The van der Waals surface area contributed by atoms with Crippen LogP contribution in [0, 0.1) is 0 Å². The lowest BCUT2D eigenvalue weighted by molar-refractivity contribution is -0.0499. The van der Waals surface area contributed by atoms with E-state index in [0.29, 0.717) is 25.1 Å². The number of halogens is 2. The maximum absolute atomic E-state index is 12.0. The number of amides is 1. The SMILES string of the molecule is CN(CCCN)C(=O)c1cccc(OC(F)F)c1. The highest BCUT2D eigenvalue weighted by molar-refractivity contribution is 5.94. The molecule has 0 aliphatic heterocycles. The minimum Gasteiger partial charge on any atom is -0.435 e. The Labute approximate surface area is 104 Å². The molecule has 0 aliphatic rings. The molecule has 18 heavy (non-hydrogen) atoms. The van der Waals surface area contributed by atoms with E-state index in [2.05, 4.69) is 4.74 Å². The number of nitrogens with two attached hydrogens (primary N) is 1. The lowest BCUT2D eigenvalue weighted by atomic mass is 10.2. The van der Waals surface area contributed by atoms with Crippen molar-refractivity contribution in [1.82, 2.24) is 4.90 Å². The van der Waals surface area contributed by atoms with Gasteiger partial charge in [-0.2, -0.15) is 8.78 Å². The predicted molar refractivity (Wildman–Crippen MR) is 63.7 cm³/mol. The molecule has 0 saturated heterocycles. The Hall–Kier alpha value is -1.69. The van der Waals surface area contributed by atoms with E-state index in [0.717, 1.165) is 0 Å². The van der Waals surface area contributed by atoms with Crippen molar-refractivity contribution in [2.45, 2.75) is 13.0 Å². The lowest BCUT2D eigenvalue weighted by Crippen LogP contribution is -2.28. The van der Waals surface area contributed by atoms with E-state index in [4.69, 9.17) is 5.73 Å². The van der Waals surface area contributed by atoms with Crippen LogP contribution in [0.2, 0.25) is 0 Å². The van der Waals surface area contributed by atoms with E-state index in [1.165, 1.54) is 23.1 Å². The molecule has 1 amide bonds. The van der Waals surface area contributed by atoms with Gasteiger partial charge in [0.05, 0.1) is 0 Å². The summed E-state index contributed by atoms with van der Waals surface area (Å²) in [5.41, 5.74) is 5.67. The molecular weight excluding hydrogens is 242 g/mol. The first-order chi connectivity index (χ1) is 8.54. The largest absolute Gasteiger partial charge is 0.435 e. The van der Waals surface area contributed by atoms with Crippen LogP contribution in [0.4, 0.5) is 8.78 Å². The number of alkyl halides is 2. The molecule has 4 nitrogen and oxygen atoms in total. The second kappa shape index (κ2) is 6.90. The maximum atomic E-state index is 12.0. The van der Waals surface area contributed by atoms with Crippen LogP contribution in [-0.4, -0.2) is 37.6 Å². The zero-order chi connectivity index (χ0) is 13.5. The highest BCUT2D eigenvalue weighted by Gasteiger charge is 2.13. The van der Waals surface area contributed by atoms with E-state index in [9.17, 15) is 13.6 Å². The minimum atomic E-state index is -2.90. The Morgan fingerprint density at radius 1 is 1.50 bits per heavy atom. The number of benzene rings is 1. The van der Waals surface area contributed by atoms with Gasteiger partial charge in [0.25, 0.3) is 5.91 Å². The van der Waals surface area contributed by atoms with Gasteiger partial charge in [0, 0.05) is 19.2 Å². The highest BCUT2D eigenvalue weighted by atomic mass is 19.3. The summed E-state index contributed by atoms with van der Waals surface area (Å²) in [6.07, 6.45) is 0.690. The van der Waals surface area contributed by atoms with Crippen LogP contribution in [-0.2, 0) is 0 Å². The van der Waals surface area contributed by atoms with Crippen LogP contribution in [0.3, 0.4) is 0 Å². The average molecular weight is 258 g/mol. The summed E-state index contributed by atoms with van der Waals surface area (Å²) < 4.78 is 28.3. The Bertz CT molecular complexity index is 399. The molecule has 0 saturated carbocycles. The van der Waals surface area contributed by atoms with Crippen molar-refractivity contribution in [1.29, 1.82) is 0 Å². The molecular formula is C12H16F2N2O2. The van der Waals surface area contributed by atoms with Crippen molar-refractivity contribution in [3.05, 3.63) is 29.8 Å². The van der Waals surface area contributed by atoms with Gasteiger partial charge in [-0.1, -0.05) is 6.07 Å². The molecule has 0 radical (unpaired) electrons. The van der Waals surface area contributed by atoms with Gasteiger partial charge in [-0.15, -0.1) is 0 Å². The molecule has 0 unspecified atom stereocenters. The fourth-order valence-electron chi connectivity index (χ4n) is 1.46. The summed E-state index contributed by atoms with van der Waals surface area (Å²) in [7, 11) is 1.64. The molecule has 100 valence electrons. The first-order valence-electron chi connectivity index (χ1n) is 5.55. The summed E-state index contributed by atoms with van der Waals surface area (Å²) in [4.78, 5) is 13.4. The van der Waals surface area contributed by atoms with Crippen molar-refractivity contribution >= 4 is 5.91 Å². The molecule has 0 aromatic heterocycles. The second-order valence-corrected chi connectivity index (χ2v) is 3.78. The minimum absolute atomic E-state index is 0.0249. The number of rotatable bonds is 6. The van der Waals surface area contributed by atoms with Gasteiger partial charge >= 0.3 is 6.61 Å². The van der Waals surface area contributed by atoms with Gasteiger partial charge in [-0.3, -0.25) is 4.79 Å². The van der Waals surface area contributed by atoms with Crippen LogP contribution in [0.15, 0.2) is 24.3 Å². The third kappa shape index (κ3) is 4.29. The van der Waals surface area contributed by atoms with E-state index in [1.54, 1.807) is 13.1 Å². The quantitative estimate of drug-likeness (QED) is 0.845. The molecule has 6 heteroatoms. The normalized spacial score (nSPS) is 10.5. The zero-order valence-electron chi connectivity index (χ0n) is 10.1. The predicted octanol–water partition coefficient (Wildman–Crippen LogP) is 1.71. The fraction of sp³-hybridized carbons (Fsp3) is 0.417. The topological polar surface area (TPSA) is 55.6 Å². The molecule has 1 rings (SSSR count).